The molecule has 0 aliphatic heterocycles. The first-order chi connectivity index (χ1) is 14.5. The topological polar surface area (TPSA) is 82.7 Å². The number of nitrogens with zero attached hydrogens (tertiary/aromatic N) is 6. The molecule has 4 heterocycles. The molecular weight excluding hydrogens is 398 g/mol. The van der Waals surface area contributed by atoms with E-state index in [1.54, 1.807) is 13.4 Å². The maximum absolute atomic E-state index is 5.52. The normalized spacial score (nSPS) is 11.3. The lowest BCUT2D eigenvalue weighted by Crippen LogP contribution is -2.03. The molecule has 0 saturated carbocycles. The van der Waals surface area contributed by atoms with Gasteiger partial charge in [0.2, 0.25) is 5.88 Å². The number of aromatic nitrogens is 6. The molecule has 1 N–H and O–H groups in total. The van der Waals surface area contributed by atoms with Crippen LogP contribution in [0.15, 0.2) is 36.1 Å². The summed E-state index contributed by atoms with van der Waals surface area (Å²) in [6.07, 6.45) is 3.69. The minimum absolute atomic E-state index is 0.375. The zero-order valence-corrected chi connectivity index (χ0v) is 18.6. The molecule has 0 aromatic carbocycles. The van der Waals surface area contributed by atoms with Crippen LogP contribution in [0.25, 0.3) is 17.1 Å². The van der Waals surface area contributed by atoms with Gasteiger partial charge in [0.05, 0.1) is 30.5 Å². The van der Waals surface area contributed by atoms with E-state index in [2.05, 4.69) is 47.2 Å². The Balaban J connectivity index is 1.60. The molecule has 4 aromatic heterocycles. The van der Waals surface area contributed by atoms with Crippen molar-refractivity contribution in [3.05, 3.63) is 47.5 Å². The van der Waals surface area contributed by atoms with E-state index < -0.39 is 0 Å². The first-order valence-corrected chi connectivity index (χ1v) is 10.7. The van der Waals surface area contributed by atoms with Crippen LogP contribution in [0.2, 0.25) is 0 Å². The van der Waals surface area contributed by atoms with E-state index >= 15 is 0 Å². The third-order valence-corrected chi connectivity index (χ3v) is 5.47. The number of thiazole rings is 1. The van der Waals surface area contributed by atoms with Crippen molar-refractivity contribution in [3.63, 3.8) is 0 Å². The van der Waals surface area contributed by atoms with Crippen molar-refractivity contribution in [3.8, 4) is 23.0 Å². The van der Waals surface area contributed by atoms with Crippen molar-refractivity contribution in [1.29, 1.82) is 0 Å². The van der Waals surface area contributed by atoms with Gasteiger partial charge in [-0.3, -0.25) is 0 Å². The highest BCUT2D eigenvalue weighted by Crippen LogP contribution is 2.30. The summed E-state index contributed by atoms with van der Waals surface area (Å²) in [5.74, 6) is 1.84. The summed E-state index contributed by atoms with van der Waals surface area (Å²) in [6.45, 7) is 9.10. The van der Waals surface area contributed by atoms with Gasteiger partial charge in [-0.25, -0.2) is 19.6 Å². The van der Waals surface area contributed by atoms with Crippen LogP contribution in [-0.2, 0) is 6.54 Å². The Morgan fingerprint density at radius 2 is 2.03 bits per heavy atom. The number of anilines is 2. The second-order valence-corrected chi connectivity index (χ2v) is 8.09. The van der Waals surface area contributed by atoms with Crippen LogP contribution in [0, 0.1) is 6.92 Å². The summed E-state index contributed by atoms with van der Waals surface area (Å²) < 4.78 is 9.38. The number of rotatable bonds is 7. The summed E-state index contributed by atoms with van der Waals surface area (Å²) in [5.41, 5.74) is 4.38. The summed E-state index contributed by atoms with van der Waals surface area (Å²) in [6, 6.07) is 5.99. The SMILES string of the molecule is CCn1nc(C(C)C)cc1Nc1nc(-c2ccc(-n3cnc(C)c3)c(OC)n2)cs1. The number of nitrogens with one attached hydrogen (secondary N) is 1. The van der Waals surface area contributed by atoms with Gasteiger partial charge in [0, 0.05) is 24.2 Å². The van der Waals surface area contributed by atoms with Crippen LogP contribution in [0.1, 0.15) is 38.1 Å². The van der Waals surface area contributed by atoms with Crippen molar-refractivity contribution in [2.75, 3.05) is 12.4 Å². The van der Waals surface area contributed by atoms with Crippen LogP contribution < -0.4 is 10.1 Å². The minimum atomic E-state index is 0.375. The van der Waals surface area contributed by atoms with Crippen LogP contribution >= 0.6 is 11.3 Å². The van der Waals surface area contributed by atoms with E-state index in [1.807, 2.05) is 39.9 Å². The molecule has 4 aromatic rings. The Hall–Kier alpha value is -3.20. The van der Waals surface area contributed by atoms with Gasteiger partial charge in [-0.1, -0.05) is 13.8 Å². The fraction of sp³-hybridized carbons (Fsp3) is 0.333. The van der Waals surface area contributed by atoms with Gasteiger partial charge in [0.1, 0.15) is 17.2 Å². The van der Waals surface area contributed by atoms with E-state index in [9.17, 15) is 0 Å². The van der Waals surface area contributed by atoms with Crippen molar-refractivity contribution in [1.82, 2.24) is 29.3 Å². The number of aryl methyl sites for hydroxylation is 2. The summed E-state index contributed by atoms with van der Waals surface area (Å²) in [5, 5.41) is 10.8. The molecule has 9 heteroatoms. The van der Waals surface area contributed by atoms with E-state index in [4.69, 9.17) is 9.72 Å². The van der Waals surface area contributed by atoms with Gasteiger partial charge in [-0.2, -0.15) is 5.10 Å². The molecule has 8 nitrogen and oxygen atoms in total. The maximum Gasteiger partial charge on any atom is 0.238 e. The molecule has 0 aliphatic rings. The van der Waals surface area contributed by atoms with Gasteiger partial charge in [-0.05, 0) is 31.9 Å². The van der Waals surface area contributed by atoms with Crippen LogP contribution in [-0.4, -0.2) is 36.4 Å². The zero-order valence-electron chi connectivity index (χ0n) is 17.7. The first kappa shape index (κ1) is 20.1. The summed E-state index contributed by atoms with van der Waals surface area (Å²) >= 11 is 1.53. The molecule has 0 bridgehead atoms. The fourth-order valence-electron chi connectivity index (χ4n) is 3.09. The molecule has 0 spiro atoms. The van der Waals surface area contributed by atoms with Crippen molar-refractivity contribution >= 4 is 22.3 Å². The Morgan fingerprint density at radius 1 is 1.20 bits per heavy atom. The van der Waals surface area contributed by atoms with Crippen molar-refractivity contribution in [2.24, 2.45) is 0 Å². The fourth-order valence-corrected chi connectivity index (χ4v) is 3.81. The monoisotopic (exact) mass is 423 g/mol. The zero-order chi connectivity index (χ0) is 21.3. The molecule has 0 saturated heterocycles. The second kappa shape index (κ2) is 8.27. The molecule has 0 radical (unpaired) electrons. The Bertz CT molecular complexity index is 1160. The average Bonchev–Trinajstić information content (AvgIpc) is 3.47. The molecule has 0 unspecified atom stereocenters. The standard InChI is InChI=1S/C21H25N7OS/c1-6-28-19(9-16(26-28)13(2)3)25-21-24-17(11-30-21)15-7-8-18(20(23-15)29-5)27-10-14(4)22-12-27/h7-13H,6H2,1-5H3,(H,24,25). The van der Waals surface area contributed by atoms with Gasteiger partial charge >= 0.3 is 0 Å². The number of pyridine rings is 1. The highest BCUT2D eigenvalue weighted by molar-refractivity contribution is 7.14. The average molecular weight is 424 g/mol. The van der Waals surface area contributed by atoms with Gasteiger partial charge in [0.25, 0.3) is 0 Å². The number of methoxy groups -OCH3 is 1. The minimum Gasteiger partial charge on any atom is -0.479 e. The van der Waals surface area contributed by atoms with Crippen LogP contribution in [0.3, 0.4) is 0 Å². The molecule has 30 heavy (non-hydrogen) atoms. The van der Waals surface area contributed by atoms with E-state index in [-0.39, 0.29) is 0 Å². The Labute approximate surface area is 179 Å². The molecule has 0 aliphatic carbocycles. The third-order valence-electron chi connectivity index (χ3n) is 4.71. The molecule has 156 valence electrons. The lowest BCUT2D eigenvalue weighted by molar-refractivity contribution is 0.396. The molecule has 0 atom stereocenters. The maximum atomic E-state index is 5.52. The quantitative estimate of drug-likeness (QED) is 0.460. The molecular formula is C21H25N7OS. The highest BCUT2D eigenvalue weighted by Gasteiger charge is 2.14. The lowest BCUT2D eigenvalue weighted by Gasteiger charge is -2.09. The predicted molar refractivity (Wildman–Crippen MR) is 119 cm³/mol. The van der Waals surface area contributed by atoms with Gasteiger partial charge in [0.15, 0.2) is 5.13 Å². The van der Waals surface area contributed by atoms with Crippen LogP contribution in [0.5, 0.6) is 5.88 Å². The lowest BCUT2D eigenvalue weighted by atomic mass is 10.1. The molecule has 0 amide bonds. The number of hydrogen-bond acceptors (Lipinski definition) is 7. The Morgan fingerprint density at radius 3 is 2.70 bits per heavy atom. The van der Waals surface area contributed by atoms with E-state index in [0.29, 0.717) is 11.8 Å². The highest BCUT2D eigenvalue weighted by atomic mass is 32.1. The number of ether oxygens (including phenoxy) is 1. The number of hydrogen-bond donors (Lipinski definition) is 1. The van der Waals surface area contributed by atoms with Crippen molar-refractivity contribution in [2.45, 2.75) is 40.2 Å². The summed E-state index contributed by atoms with van der Waals surface area (Å²) in [7, 11) is 1.62. The van der Waals surface area contributed by atoms with E-state index in [0.717, 1.165) is 46.0 Å². The molecule has 4 rings (SSSR count). The van der Waals surface area contributed by atoms with E-state index in [1.165, 1.54) is 11.3 Å². The first-order valence-electron chi connectivity index (χ1n) is 9.85. The van der Waals surface area contributed by atoms with Crippen molar-refractivity contribution < 1.29 is 4.74 Å². The second-order valence-electron chi connectivity index (χ2n) is 7.24. The largest absolute Gasteiger partial charge is 0.479 e. The number of imidazole rings is 1. The van der Waals surface area contributed by atoms with Crippen LogP contribution in [0.4, 0.5) is 10.9 Å². The third kappa shape index (κ3) is 3.93. The van der Waals surface area contributed by atoms with Gasteiger partial charge in [-0.15, -0.1) is 11.3 Å². The van der Waals surface area contributed by atoms with Gasteiger partial charge < -0.3 is 14.6 Å². The smallest absolute Gasteiger partial charge is 0.238 e. The summed E-state index contributed by atoms with van der Waals surface area (Å²) in [4.78, 5) is 13.6. The Kier molecular flexibility index (Phi) is 5.54. The molecule has 0 fully saturated rings. The predicted octanol–water partition coefficient (Wildman–Crippen LogP) is 4.79.